The first kappa shape index (κ1) is 16.8. The van der Waals surface area contributed by atoms with Crippen LogP contribution in [0.4, 0.5) is 0 Å². The summed E-state index contributed by atoms with van der Waals surface area (Å²) in [5, 5.41) is 0. The Morgan fingerprint density at radius 2 is 2.21 bits per heavy atom. The Labute approximate surface area is 116 Å². The summed E-state index contributed by atoms with van der Waals surface area (Å²) in [6.07, 6.45) is 3.30. The third-order valence-corrected chi connectivity index (χ3v) is 4.72. The van der Waals surface area contributed by atoms with Gasteiger partial charge in [-0.25, -0.2) is 12.7 Å². The quantitative estimate of drug-likeness (QED) is 0.689. The number of rotatable bonds is 7. The molecule has 19 heavy (non-hydrogen) atoms. The molecular weight excluding hydrogens is 266 g/mol. The van der Waals surface area contributed by atoms with E-state index in [-0.39, 0.29) is 6.04 Å². The molecule has 6 nitrogen and oxygen atoms in total. The van der Waals surface area contributed by atoms with Gasteiger partial charge in [-0.1, -0.05) is 0 Å². The first-order valence-corrected chi connectivity index (χ1v) is 8.56. The number of piperidine rings is 1. The van der Waals surface area contributed by atoms with Crippen LogP contribution in [0.25, 0.3) is 0 Å². The Balaban J connectivity index is 2.40. The molecule has 1 saturated heterocycles. The summed E-state index contributed by atoms with van der Waals surface area (Å²) < 4.78 is 29.7. The van der Waals surface area contributed by atoms with Crippen molar-refractivity contribution in [3.05, 3.63) is 0 Å². The van der Waals surface area contributed by atoms with Crippen LogP contribution in [0, 0.1) is 5.92 Å². The molecule has 0 aliphatic carbocycles. The summed E-state index contributed by atoms with van der Waals surface area (Å²) in [4.78, 5) is 2.17. The van der Waals surface area contributed by atoms with Crippen LogP contribution in [-0.4, -0.2) is 76.9 Å². The number of nitrogens with zero attached hydrogens (tertiary/aromatic N) is 2. The highest BCUT2D eigenvalue weighted by molar-refractivity contribution is 7.88. The van der Waals surface area contributed by atoms with Gasteiger partial charge in [-0.05, 0) is 25.8 Å². The third-order valence-electron chi connectivity index (χ3n) is 3.45. The van der Waals surface area contributed by atoms with Gasteiger partial charge in [0.15, 0.2) is 0 Å². The minimum Gasteiger partial charge on any atom is -0.383 e. The zero-order valence-electron chi connectivity index (χ0n) is 12.2. The van der Waals surface area contributed by atoms with Crippen molar-refractivity contribution >= 4 is 10.0 Å². The van der Waals surface area contributed by atoms with Gasteiger partial charge < -0.3 is 15.4 Å². The smallest absolute Gasteiger partial charge is 0.211 e. The SMILES string of the molecule is COCC(N)CN(C)CC1CCCN(S(C)(=O)=O)C1. The fraction of sp³-hybridized carbons (Fsp3) is 1.00. The molecule has 1 heterocycles. The van der Waals surface area contributed by atoms with Crippen LogP contribution in [0.15, 0.2) is 0 Å². The maximum absolute atomic E-state index is 11.6. The Morgan fingerprint density at radius 1 is 1.53 bits per heavy atom. The van der Waals surface area contributed by atoms with E-state index >= 15 is 0 Å². The van der Waals surface area contributed by atoms with E-state index in [1.807, 2.05) is 7.05 Å². The van der Waals surface area contributed by atoms with Gasteiger partial charge in [0, 0.05) is 39.3 Å². The van der Waals surface area contributed by atoms with Crippen LogP contribution in [-0.2, 0) is 14.8 Å². The normalized spacial score (nSPS) is 23.7. The number of methoxy groups -OCH3 is 1. The van der Waals surface area contributed by atoms with Gasteiger partial charge in [-0.2, -0.15) is 0 Å². The van der Waals surface area contributed by atoms with E-state index in [1.54, 1.807) is 11.4 Å². The largest absolute Gasteiger partial charge is 0.383 e. The molecule has 0 aromatic carbocycles. The van der Waals surface area contributed by atoms with E-state index in [9.17, 15) is 8.42 Å². The number of hydrogen-bond donors (Lipinski definition) is 1. The van der Waals surface area contributed by atoms with Gasteiger partial charge in [0.2, 0.25) is 10.0 Å². The van der Waals surface area contributed by atoms with E-state index in [0.29, 0.717) is 25.6 Å². The lowest BCUT2D eigenvalue weighted by molar-refractivity contribution is 0.147. The molecule has 0 amide bonds. The van der Waals surface area contributed by atoms with Gasteiger partial charge in [-0.15, -0.1) is 0 Å². The molecule has 1 aliphatic heterocycles. The van der Waals surface area contributed by atoms with Gasteiger partial charge in [0.1, 0.15) is 0 Å². The predicted molar refractivity (Wildman–Crippen MR) is 76.5 cm³/mol. The number of nitrogens with two attached hydrogens (primary N) is 1. The van der Waals surface area contributed by atoms with Crippen molar-refractivity contribution in [2.45, 2.75) is 18.9 Å². The topological polar surface area (TPSA) is 75.9 Å². The molecule has 2 unspecified atom stereocenters. The number of hydrogen-bond acceptors (Lipinski definition) is 5. The van der Waals surface area contributed by atoms with Crippen LogP contribution in [0.1, 0.15) is 12.8 Å². The molecule has 2 atom stereocenters. The molecule has 0 aromatic heterocycles. The van der Waals surface area contributed by atoms with Crippen LogP contribution in [0.3, 0.4) is 0 Å². The lowest BCUT2D eigenvalue weighted by atomic mass is 9.99. The first-order valence-electron chi connectivity index (χ1n) is 6.71. The third kappa shape index (κ3) is 6.18. The van der Waals surface area contributed by atoms with Crippen LogP contribution in [0.5, 0.6) is 0 Å². The number of sulfonamides is 1. The van der Waals surface area contributed by atoms with E-state index in [4.69, 9.17) is 10.5 Å². The van der Waals surface area contributed by atoms with E-state index in [0.717, 1.165) is 25.9 Å². The average molecular weight is 293 g/mol. The van der Waals surface area contributed by atoms with Crippen molar-refractivity contribution in [3.8, 4) is 0 Å². The number of likely N-dealkylation sites (N-methyl/N-ethyl adjacent to an activating group) is 1. The Morgan fingerprint density at radius 3 is 2.79 bits per heavy atom. The fourth-order valence-corrected chi connectivity index (χ4v) is 3.60. The summed E-state index contributed by atoms with van der Waals surface area (Å²) in [7, 11) is 0.610. The molecule has 114 valence electrons. The second-order valence-electron chi connectivity index (χ2n) is 5.57. The summed E-state index contributed by atoms with van der Waals surface area (Å²) in [5.74, 6) is 0.392. The average Bonchev–Trinajstić information content (AvgIpc) is 2.28. The summed E-state index contributed by atoms with van der Waals surface area (Å²) >= 11 is 0. The Kier molecular flexibility index (Phi) is 6.68. The predicted octanol–water partition coefficient (Wildman–Crippen LogP) is -0.436. The maximum atomic E-state index is 11.6. The van der Waals surface area contributed by atoms with Gasteiger partial charge in [0.25, 0.3) is 0 Å². The van der Waals surface area contributed by atoms with Crippen LogP contribution in [0.2, 0.25) is 0 Å². The molecule has 0 aromatic rings. The summed E-state index contributed by atoms with van der Waals surface area (Å²) in [6, 6.07) is 0.00426. The van der Waals surface area contributed by atoms with E-state index in [1.165, 1.54) is 6.26 Å². The van der Waals surface area contributed by atoms with Crippen LogP contribution < -0.4 is 5.73 Å². The molecule has 0 radical (unpaired) electrons. The number of ether oxygens (including phenoxy) is 1. The molecule has 2 N–H and O–H groups in total. The van der Waals surface area contributed by atoms with Gasteiger partial charge >= 0.3 is 0 Å². The van der Waals surface area contributed by atoms with E-state index < -0.39 is 10.0 Å². The highest BCUT2D eigenvalue weighted by Crippen LogP contribution is 2.19. The minimum atomic E-state index is -3.06. The molecule has 7 heteroatoms. The Bertz CT molecular complexity index is 361. The maximum Gasteiger partial charge on any atom is 0.211 e. The molecule has 1 rings (SSSR count). The van der Waals surface area contributed by atoms with Crippen molar-refractivity contribution in [1.29, 1.82) is 0 Å². The lowest BCUT2D eigenvalue weighted by Gasteiger charge is -2.33. The highest BCUT2D eigenvalue weighted by atomic mass is 32.2. The Hall–Kier alpha value is -0.210. The van der Waals surface area contributed by atoms with Crippen molar-refractivity contribution in [2.24, 2.45) is 11.7 Å². The molecule has 0 bridgehead atoms. The molecule has 1 fully saturated rings. The zero-order valence-corrected chi connectivity index (χ0v) is 13.0. The minimum absolute atomic E-state index is 0.00426. The standard InChI is InChI=1S/C12H27N3O3S/c1-14(9-12(13)10-18-2)7-11-5-4-6-15(8-11)19(3,16)17/h11-12H,4-10,13H2,1-3H3. The zero-order chi connectivity index (χ0) is 14.5. The van der Waals surface area contributed by atoms with Crippen molar-refractivity contribution in [2.75, 3.05) is 53.2 Å². The molecule has 0 spiro atoms. The monoisotopic (exact) mass is 293 g/mol. The van der Waals surface area contributed by atoms with Crippen molar-refractivity contribution < 1.29 is 13.2 Å². The highest BCUT2D eigenvalue weighted by Gasteiger charge is 2.26. The lowest BCUT2D eigenvalue weighted by Crippen LogP contribution is -2.45. The summed E-state index contributed by atoms with van der Waals surface area (Å²) in [6.45, 7) is 3.47. The second kappa shape index (κ2) is 7.54. The second-order valence-corrected chi connectivity index (χ2v) is 7.55. The summed E-state index contributed by atoms with van der Waals surface area (Å²) in [5.41, 5.74) is 5.91. The fourth-order valence-electron chi connectivity index (χ4n) is 2.66. The van der Waals surface area contributed by atoms with Gasteiger partial charge in [0.05, 0.1) is 12.9 Å². The molecule has 0 saturated carbocycles. The van der Waals surface area contributed by atoms with Crippen molar-refractivity contribution in [3.63, 3.8) is 0 Å². The van der Waals surface area contributed by atoms with E-state index in [2.05, 4.69) is 4.90 Å². The van der Waals surface area contributed by atoms with Crippen LogP contribution >= 0.6 is 0 Å². The first-order chi connectivity index (χ1) is 8.82. The van der Waals surface area contributed by atoms with Gasteiger partial charge in [-0.3, -0.25) is 0 Å². The molecule has 1 aliphatic rings. The van der Waals surface area contributed by atoms with Crippen molar-refractivity contribution in [1.82, 2.24) is 9.21 Å². The molecular formula is C12H27N3O3S.